The number of ether oxygens (including phenoxy) is 3. The van der Waals surface area contributed by atoms with E-state index in [0.29, 0.717) is 49.7 Å². The number of carboxylic acids is 1. The molecule has 130 valence electrons. The summed E-state index contributed by atoms with van der Waals surface area (Å²) in [5.41, 5.74) is 1.42. The highest BCUT2D eigenvalue weighted by Gasteiger charge is 2.52. The molecule has 0 bridgehead atoms. The summed E-state index contributed by atoms with van der Waals surface area (Å²) in [6, 6.07) is 11.6. The van der Waals surface area contributed by atoms with Crippen LogP contribution in [-0.4, -0.2) is 29.3 Å². The Kier molecular flexibility index (Phi) is 4.15. The fraction of sp³-hybridized carbons (Fsp3) is 0.368. The lowest BCUT2D eigenvalue weighted by Crippen LogP contribution is -2.20. The van der Waals surface area contributed by atoms with Crippen LogP contribution in [-0.2, 0) is 26.3 Å². The molecule has 1 aromatic heterocycles. The molecule has 1 N–H and O–H groups in total. The standard InChI is InChI=1S/C19H19NO5/c21-18(22)19(6-7-19)14-10-15(25-12-13-4-2-1-3-5-13)16(20-11-14)17-23-8-9-24-17/h1-5,10-11,17H,6-9,12H2,(H,21,22). The van der Waals surface area contributed by atoms with Crippen molar-refractivity contribution in [1.29, 1.82) is 0 Å². The van der Waals surface area contributed by atoms with E-state index in [2.05, 4.69) is 4.98 Å². The molecule has 0 unspecified atom stereocenters. The van der Waals surface area contributed by atoms with E-state index in [-0.39, 0.29) is 0 Å². The number of hydrogen-bond donors (Lipinski definition) is 1. The number of rotatable bonds is 6. The van der Waals surface area contributed by atoms with E-state index in [1.807, 2.05) is 30.3 Å². The van der Waals surface area contributed by atoms with E-state index < -0.39 is 17.7 Å². The average Bonchev–Trinajstić information content (AvgIpc) is 3.29. The Hall–Kier alpha value is -2.44. The second-order valence-electron chi connectivity index (χ2n) is 6.34. The predicted octanol–water partition coefficient (Wildman–Crippen LogP) is 2.82. The zero-order valence-corrected chi connectivity index (χ0v) is 13.7. The van der Waals surface area contributed by atoms with E-state index in [4.69, 9.17) is 14.2 Å². The Balaban J connectivity index is 1.64. The lowest BCUT2D eigenvalue weighted by Gasteiger charge is -2.18. The van der Waals surface area contributed by atoms with Gasteiger partial charge in [-0.3, -0.25) is 9.78 Å². The van der Waals surface area contributed by atoms with Crippen molar-refractivity contribution in [3.05, 3.63) is 59.4 Å². The summed E-state index contributed by atoms with van der Waals surface area (Å²) in [5.74, 6) is -0.301. The van der Waals surface area contributed by atoms with Crippen LogP contribution in [0, 0.1) is 0 Å². The van der Waals surface area contributed by atoms with Crippen LogP contribution in [0.15, 0.2) is 42.6 Å². The monoisotopic (exact) mass is 341 g/mol. The van der Waals surface area contributed by atoms with E-state index in [9.17, 15) is 9.90 Å². The number of aliphatic carboxylic acids is 1. The molecule has 25 heavy (non-hydrogen) atoms. The van der Waals surface area contributed by atoms with Gasteiger partial charge in [0.1, 0.15) is 18.1 Å². The molecule has 1 aliphatic heterocycles. The smallest absolute Gasteiger partial charge is 0.314 e. The molecule has 1 saturated heterocycles. The van der Waals surface area contributed by atoms with Crippen molar-refractivity contribution in [1.82, 2.24) is 4.98 Å². The molecule has 1 aromatic carbocycles. The Morgan fingerprint density at radius 2 is 1.96 bits per heavy atom. The van der Waals surface area contributed by atoms with E-state index in [1.165, 1.54) is 0 Å². The topological polar surface area (TPSA) is 77.9 Å². The van der Waals surface area contributed by atoms with E-state index in [1.54, 1.807) is 12.3 Å². The van der Waals surface area contributed by atoms with Gasteiger partial charge in [0.15, 0.2) is 0 Å². The Labute approximate surface area is 145 Å². The van der Waals surface area contributed by atoms with Crippen LogP contribution in [0.5, 0.6) is 5.75 Å². The summed E-state index contributed by atoms with van der Waals surface area (Å²) in [6.07, 6.45) is 2.28. The van der Waals surface area contributed by atoms with Crippen molar-refractivity contribution >= 4 is 5.97 Å². The third-order valence-corrected chi connectivity index (χ3v) is 4.68. The highest BCUT2D eigenvalue weighted by Crippen LogP contribution is 2.49. The maximum absolute atomic E-state index is 11.6. The number of nitrogens with zero attached hydrogens (tertiary/aromatic N) is 1. The summed E-state index contributed by atoms with van der Waals surface area (Å²) >= 11 is 0. The molecule has 0 radical (unpaired) electrons. The van der Waals surface area contributed by atoms with Gasteiger partial charge in [-0.25, -0.2) is 0 Å². The third-order valence-electron chi connectivity index (χ3n) is 4.68. The first-order chi connectivity index (χ1) is 12.2. The number of carboxylic acid groups (broad SMARTS) is 1. The van der Waals surface area contributed by atoms with Crippen LogP contribution >= 0.6 is 0 Å². The fourth-order valence-corrected chi connectivity index (χ4v) is 3.01. The molecule has 0 atom stereocenters. The highest BCUT2D eigenvalue weighted by atomic mass is 16.7. The van der Waals surface area contributed by atoms with Gasteiger partial charge in [-0.15, -0.1) is 0 Å². The molecular weight excluding hydrogens is 322 g/mol. The van der Waals surface area contributed by atoms with Gasteiger partial charge in [0.25, 0.3) is 0 Å². The normalized spacial score (nSPS) is 18.9. The lowest BCUT2D eigenvalue weighted by molar-refractivity contribution is -0.140. The highest BCUT2D eigenvalue weighted by molar-refractivity contribution is 5.84. The quantitative estimate of drug-likeness (QED) is 0.870. The van der Waals surface area contributed by atoms with Crippen molar-refractivity contribution in [3.63, 3.8) is 0 Å². The summed E-state index contributed by atoms with van der Waals surface area (Å²) in [7, 11) is 0. The van der Waals surface area contributed by atoms with Crippen LogP contribution in [0.25, 0.3) is 0 Å². The summed E-state index contributed by atoms with van der Waals surface area (Å²) < 4.78 is 17.0. The molecule has 1 aliphatic carbocycles. The number of hydrogen-bond acceptors (Lipinski definition) is 5. The minimum absolute atomic E-state index is 0.367. The molecule has 4 rings (SSSR count). The first kappa shape index (κ1) is 16.1. The molecule has 2 aromatic rings. The Bertz CT molecular complexity index is 767. The Morgan fingerprint density at radius 3 is 2.60 bits per heavy atom. The van der Waals surface area contributed by atoms with Gasteiger partial charge < -0.3 is 19.3 Å². The van der Waals surface area contributed by atoms with Crippen molar-refractivity contribution in [2.45, 2.75) is 31.2 Å². The maximum atomic E-state index is 11.6. The lowest BCUT2D eigenvalue weighted by atomic mass is 9.97. The molecule has 0 spiro atoms. The van der Waals surface area contributed by atoms with Crippen molar-refractivity contribution in [2.24, 2.45) is 0 Å². The Morgan fingerprint density at radius 1 is 1.24 bits per heavy atom. The second-order valence-corrected chi connectivity index (χ2v) is 6.34. The van der Waals surface area contributed by atoms with Crippen LogP contribution in [0.1, 0.15) is 36.0 Å². The molecule has 6 nitrogen and oxygen atoms in total. The van der Waals surface area contributed by atoms with Crippen LogP contribution in [0.3, 0.4) is 0 Å². The van der Waals surface area contributed by atoms with Crippen LogP contribution < -0.4 is 4.74 Å². The van der Waals surface area contributed by atoms with Gasteiger partial charge in [-0.1, -0.05) is 30.3 Å². The zero-order chi connectivity index (χ0) is 17.3. The largest absolute Gasteiger partial charge is 0.487 e. The SMILES string of the molecule is O=C(O)C1(c2cnc(C3OCCO3)c(OCc3ccccc3)c2)CC1. The van der Waals surface area contributed by atoms with Gasteiger partial charge in [-0.2, -0.15) is 0 Å². The minimum atomic E-state index is -0.826. The van der Waals surface area contributed by atoms with E-state index >= 15 is 0 Å². The van der Waals surface area contributed by atoms with Crippen molar-refractivity contribution < 1.29 is 24.1 Å². The molecule has 1 saturated carbocycles. The first-order valence-corrected chi connectivity index (χ1v) is 8.33. The number of carbonyl (C=O) groups is 1. The molecule has 6 heteroatoms. The number of pyridine rings is 1. The predicted molar refractivity (Wildman–Crippen MR) is 88.2 cm³/mol. The molecule has 2 heterocycles. The van der Waals surface area contributed by atoms with Crippen molar-refractivity contribution in [2.75, 3.05) is 13.2 Å². The molecule has 0 amide bonds. The van der Waals surface area contributed by atoms with Gasteiger partial charge >= 0.3 is 5.97 Å². The fourth-order valence-electron chi connectivity index (χ4n) is 3.01. The van der Waals surface area contributed by atoms with Crippen molar-refractivity contribution in [3.8, 4) is 5.75 Å². The maximum Gasteiger partial charge on any atom is 0.314 e. The summed E-state index contributed by atoms with van der Waals surface area (Å²) in [6.45, 7) is 1.38. The number of aromatic nitrogens is 1. The van der Waals surface area contributed by atoms with Gasteiger partial charge in [0.05, 0.1) is 18.6 Å². The molecule has 2 fully saturated rings. The first-order valence-electron chi connectivity index (χ1n) is 8.33. The van der Waals surface area contributed by atoms with Crippen LogP contribution in [0.2, 0.25) is 0 Å². The minimum Gasteiger partial charge on any atom is -0.487 e. The summed E-state index contributed by atoms with van der Waals surface area (Å²) in [5, 5.41) is 9.52. The van der Waals surface area contributed by atoms with E-state index in [0.717, 1.165) is 5.56 Å². The number of benzene rings is 1. The van der Waals surface area contributed by atoms with Gasteiger partial charge in [0, 0.05) is 6.20 Å². The van der Waals surface area contributed by atoms with Crippen LogP contribution in [0.4, 0.5) is 0 Å². The molecular formula is C19H19NO5. The second kappa shape index (κ2) is 6.46. The van der Waals surface area contributed by atoms with Gasteiger partial charge in [-0.05, 0) is 30.0 Å². The van der Waals surface area contributed by atoms with Gasteiger partial charge in [0.2, 0.25) is 6.29 Å². The third kappa shape index (κ3) is 3.10. The summed E-state index contributed by atoms with van der Waals surface area (Å²) in [4.78, 5) is 16.0. The average molecular weight is 341 g/mol. The molecule has 2 aliphatic rings. The zero-order valence-electron chi connectivity index (χ0n) is 13.7.